The molecule has 3 aromatic rings. The van der Waals surface area contributed by atoms with Crippen LogP contribution in [0.2, 0.25) is 0 Å². The minimum absolute atomic E-state index is 0.0143. The van der Waals surface area contributed by atoms with Crippen LogP contribution in [0.5, 0.6) is 5.75 Å². The van der Waals surface area contributed by atoms with Crippen molar-refractivity contribution in [3.8, 4) is 16.9 Å². The van der Waals surface area contributed by atoms with Gasteiger partial charge in [0.1, 0.15) is 22.8 Å². The Labute approximate surface area is 249 Å². The molecule has 226 valence electrons. The minimum Gasteiger partial charge on any atom is -0.510 e. The zero-order chi connectivity index (χ0) is 31.7. The standard InChI is InChI=1S/C31H28N4O9/c1-35(2)24-18-12-14-11-17-16(13-4-3-5-15(10-13)34-30(42)20-8-9-33-44-20)6-7-19(36)22(17)25(37)21(14)27(39)31(18,43)28(40)23(26(24)38)29(32)41/h3-10,14,18,24,36,38-39,43H,11-12H2,1-2H3,(H2,32,41)(H,34,42)/t14-,18+,24-,31+/m1/s1. The molecule has 3 aliphatic rings. The van der Waals surface area contributed by atoms with Crippen molar-refractivity contribution >= 4 is 29.1 Å². The number of aliphatic hydroxyl groups is 3. The van der Waals surface area contributed by atoms with Gasteiger partial charge < -0.3 is 36.0 Å². The number of hydrogen-bond donors (Lipinski definition) is 6. The highest BCUT2D eigenvalue weighted by atomic mass is 16.5. The summed E-state index contributed by atoms with van der Waals surface area (Å²) in [5.41, 5.74) is 3.51. The van der Waals surface area contributed by atoms with Crippen molar-refractivity contribution in [2.24, 2.45) is 17.6 Å². The molecule has 3 aliphatic carbocycles. The van der Waals surface area contributed by atoms with E-state index in [-0.39, 0.29) is 35.5 Å². The van der Waals surface area contributed by atoms with Gasteiger partial charge in [-0.3, -0.25) is 24.1 Å². The number of fused-ring (bicyclic) bond motifs is 3. The molecule has 0 aliphatic heterocycles. The summed E-state index contributed by atoms with van der Waals surface area (Å²) < 4.78 is 4.90. The number of carbonyl (C=O) groups excluding carboxylic acids is 4. The fourth-order valence-corrected chi connectivity index (χ4v) is 6.81. The second-order valence-corrected chi connectivity index (χ2v) is 11.4. The highest BCUT2D eigenvalue weighted by molar-refractivity contribution is 6.25. The van der Waals surface area contributed by atoms with Crippen molar-refractivity contribution in [3.05, 3.63) is 88.2 Å². The van der Waals surface area contributed by atoms with E-state index < -0.39 is 64.0 Å². The fraction of sp³-hybridized carbons (Fsp3) is 0.258. The number of aromatic hydroxyl groups is 1. The van der Waals surface area contributed by atoms with Crippen LogP contribution >= 0.6 is 0 Å². The number of anilines is 1. The van der Waals surface area contributed by atoms with E-state index in [0.29, 0.717) is 22.4 Å². The van der Waals surface area contributed by atoms with Crippen molar-refractivity contribution in [2.75, 3.05) is 19.4 Å². The third kappa shape index (κ3) is 4.12. The molecule has 4 atom stereocenters. The average molecular weight is 601 g/mol. The highest BCUT2D eigenvalue weighted by Gasteiger charge is 2.63. The van der Waals surface area contributed by atoms with E-state index in [4.69, 9.17) is 10.3 Å². The SMILES string of the molecule is CN(C)[C@H]1C(O)=C(C(N)=O)C(=O)[C@@]2(O)C(O)=C3C(=O)c4c(O)ccc(-c5cccc(NC(=O)c6ccno6)c5)c4C[C@@H]3C[C@@H]12. The van der Waals surface area contributed by atoms with Crippen LogP contribution in [0.15, 0.2) is 75.8 Å². The number of nitrogens with two attached hydrogens (primary N) is 1. The molecule has 44 heavy (non-hydrogen) atoms. The zero-order valence-corrected chi connectivity index (χ0v) is 23.6. The number of phenols is 1. The third-order valence-corrected chi connectivity index (χ3v) is 8.70. The van der Waals surface area contributed by atoms with Gasteiger partial charge in [0, 0.05) is 23.2 Å². The molecule has 0 bridgehead atoms. The molecule has 0 saturated heterocycles. The summed E-state index contributed by atoms with van der Waals surface area (Å²) >= 11 is 0. The summed E-state index contributed by atoms with van der Waals surface area (Å²) in [5, 5.41) is 51.2. The Bertz CT molecular complexity index is 1820. The van der Waals surface area contributed by atoms with Crippen LogP contribution in [0.1, 0.15) is 32.9 Å². The van der Waals surface area contributed by atoms with E-state index in [9.17, 15) is 39.6 Å². The first-order valence-electron chi connectivity index (χ1n) is 13.7. The molecule has 13 heteroatoms. The van der Waals surface area contributed by atoms with Crippen LogP contribution in [-0.4, -0.2) is 79.6 Å². The number of ketones is 2. The number of amides is 2. The maximum Gasteiger partial charge on any atom is 0.294 e. The van der Waals surface area contributed by atoms with E-state index in [0.717, 1.165) is 0 Å². The zero-order valence-electron chi connectivity index (χ0n) is 23.6. The third-order valence-electron chi connectivity index (χ3n) is 8.70. The Balaban J connectivity index is 1.45. The van der Waals surface area contributed by atoms with Crippen LogP contribution < -0.4 is 11.1 Å². The van der Waals surface area contributed by atoms with Gasteiger partial charge in [-0.2, -0.15) is 0 Å². The molecular weight excluding hydrogens is 572 g/mol. The van der Waals surface area contributed by atoms with Crippen LogP contribution in [0.3, 0.4) is 0 Å². The molecule has 2 aromatic carbocycles. The van der Waals surface area contributed by atoms with Crippen molar-refractivity contribution in [3.63, 3.8) is 0 Å². The lowest BCUT2D eigenvalue weighted by Gasteiger charge is -2.50. The maximum absolute atomic E-state index is 14.0. The number of benzene rings is 2. The van der Waals surface area contributed by atoms with Crippen LogP contribution in [-0.2, 0) is 16.0 Å². The molecule has 7 N–H and O–H groups in total. The average Bonchev–Trinajstić information content (AvgIpc) is 3.50. The monoisotopic (exact) mass is 600 g/mol. The number of aromatic nitrogens is 1. The van der Waals surface area contributed by atoms with Crippen LogP contribution in [0, 0.1) is 11.8 Å². The smallest absolute Gasteiger partial charge is 0.294 e. The molecule has 13 nitrogen and oxygen atoms in total. The number of hydrogen-bond acceptors (Lipinski definition) is 11. The summed E-state index contributed by atoms with van der Waals surface area (Å²) in [5.74, 6) is -7.67. The summed E-state index contributed by atoms with van der Waals surface area (Å²) in [7, 11) is 3.13. The van der Waals surface area contributed by atoms with Crippen molar-refractivity contribution < 1.29 is 44.1 Å². The number of allylic oxidation sites excluding steroid dienone is 1. The molecule has 6 rings (SSSR count). The first-order chi connectivity index (χ1) is 20.9. The lowest BCUT2D eigenvalue weighted by atomic mass is 9.58. The van der Waals surface area contributed by atoms with E-state index in [1.54, 1.807) is 44.4 Å². The number of primary amides is 1. The number of carbonyl (C=O) groups is 4. The predicted octanol–water partition coefficient (Wildman–Crippen LogP) is 2.03. The summed E-state index contributed by atoms with van der Waals surface area (Å²) in [6.45, 7) is 0. The lowest BCUT2D eigenvalue weighted by Crippen LogP contribution is -2.63. The van der Waals surface area contributed by atoms with Gasteiger partial charge in [0.2, 0.25) is 11.5 Å². The van der Waals surface area contributed by atoms with E-state index in [1.807, 2.05) is 0 Å². The van der Waals surface area contributed by atoms with Gasteiger partial charge in [-0.15, -0.1) is 0 Å². The number of phenolic OH excluding ortho intramolecular Hbond substituents is 1. The van der Waals surface area contributed by atoms with Crippen molar-refractivity contribution in [1.29, 1.82) is 0 Å². The molecule has 1 aromatic heterocycles. The lowest BCUT2D eigenvalue weighted by molar-refractivity contribution is -0.148. The fourth-order valence-electron chi connectivity index (χ4n) is 6.81. The number of nitrogens with zero attached hydrogens (tertiary/aromatic N) is 2. The number of likely N-dealkylation sites (N-methyl/N-ethyl adjacent to an activating group) is 1. The van der Waals surface area contributed by atoms with Gasteiger partial charge >= 0.3 is 0 Å². The van der Waals surface area contributed by atoms with E-state index in [1.165, 1.54) is 23.2 Å². The predicted molar refractivity (Wildman–Crippen MR) is 154 cm³/mol. The first kappa shape index (κ1) is 28.8. The van der Waals surface area contributed by atoms with Crippen LogP contribution in [0.25, 0.3) is 11.1 Å². The largest absolute Gasteiger partial charge is 0.510 e. The van der Waals surface area contributed by atoms with Gasteiger partial charge in [-0.05, 0) is 67.7 Å². The molecule has 0 radical (unpaired) electrons. The molecular formula is C31H28N4O9. The second kappa shape index (κ2) is 10.2. The summed E-state index contributed by atoms with van der Waals surface area (Å²) in [6, 6.07) is 10.1. The maximum atomic E-state index is 14.0. The van der Waals surface area contributed by atoms with Gasteiger partial charge in [0.25, 0.3) is 11.8 Å². The molecule has 0 unspecified atom stereocenters. The van der Waals surface area contributed by atoms with Crippen molar-refractivity contribution in [2.45, 2.75) is 24.5 Å². The van der Waals surface area contributed by atoms with E-state index in [2.05, 4.69) is 10.5 Å². The Kier molecular flexibility index (Phi) is 6.67. The Hall–Kier alpha value is -5.27. The number of aliphatic hydroxyl groups excluding tert-OH is 2. The number of nitrogens with one attached hydrogen (secondary N) is 1. The normalized spacial score (nSPS) is 24.6. The van der Waals surface area contributed by atoms with Gasteiger partial charge in [0.05, 0.1) is 17.8 Å². The summed E-state index contributed by atoms with van der Waals surface area (Å²) in [6.07, 6.45) is 1.43. The van der Waals surface area contributed by atoms with E-state index >= 15 is 0 Å². The second-order valence-electron chi connectivity index (χ2n) is 11.4. The topological polar surface area (TPSA) is 217 Å². The molecule has 1 heterocycles. The van der Waals surface area contributed by atoms with Crippen molar-refractivity contribution in [1.82, 2.24) is 10.1 Å². The molecule has 0 saturated carbocycles. The Morgan fingerprint density at radius 2 is 1.86 bits per heavy atom. The summed E-state index contributed by atoms with van der Waals surface area (Å²) in [4.78, 5) is 53.6. The molecule has 2 amide bonds. The number of Topliss-reactive ketones (excluding diaryl/α,β-unsaturated/α-hetero) is 2. The number of rotatable bonds is 5. The van der Waals surface area contributed by atoms with Gasteiger partial charge in [-0.1, -0.05) is 23.4 Å². The molecule has 0 spiro atoms. The quantitative estimate of drug-likeness (QED) is 0.233. The highest BCUT2D eigenvalue weighted by Crippen LogP contribution is 2.53. The molecule has 0 fully saturated rings. The van der Waals surface area contributed by atoms with Gasteiger partial charge in [-0.25, -0.2) is 0 Å². The van der Waals surface area contributed by atoms with Crippen LogP contribution in [0.4, 0.5) is 5.69 Å². The Morgan fingerprint density at radius 3 is 2.52 bits per heavy atom. The first-order valence-corrected chi connectivity index (χ1v) is 13.7. The minimum atomic E-state index is -2.71. The Morgan fingerprint density at radius 1 is 1.11 bits per heavy atom. The van der Waals surface area contributed by atoms with Gasteiger partial charge in [0.15, 0.2) is 11.4 Å².